The second kappa shape index (κ2) is 4.34. The molecular formula is C4H6F4OSi2. The van der Waals surface area contributed by atoms with Gasteiger partial charge in [-0.15, -0.1) is 0 Å². The average molecular weight is 202 g/mol. The molecule has 0 aromatic carbocycles. The minimum atomic E-state index is -1.92. The Morgan fingerprint density at radius 2 is 1.09 bits per heavy atom. The molecule has 1 heterocycles. The molecule has 0 radical (unpaired) electrons. The zero-order valence-corrected chi connectivity index (χ0v) is 9.92. The Morgan fingerprint density at radius 3 is 1.18 bits per heavy atom. The van der Waals surface area contributed by atoms with Crippen LogP contribution in [0.5, 0.6) is 0 Å². The molecule has 0 bridgehead atoms. The van der Waals surface area contributed by atoms with E-state index in [1.807, 2.05) is 0 Å². The van der Waals surface area contributed by atoms with Crippen molar-refractivity contribution in [3.63, 3.8) is 0 Å². The molecule has 1 aromatic heterocycles. The average Bonchev–Trinajstić information content (AvgIpc) is 2.22. The van der Waals surface area contributed by atoms with E-state index >= 15 is 0 Å². The summed E-state index contributed by atoms with van der Waals surface area (Å²) in [5.41, 5.74) is 0. The maximum atomic E-state index is 11.7. The molecule has 11 heavy (non-hydrogen) atoms. The molecule has 1 nitrogen and oxygen atoms in total. The fourth-order valence-electron chi connectivity index (χ4n) is 0.341. The normalized spacial score (nSPS) is 9.45. The quantitative estimate of drug-likeness (QED) is 0.407. The maximum Gasteiger partial charge on any atom is 0.319 e. The molecule has 0 amide bonds. The van der Waals surface area contributed by atoms with Gasteiger partial charge in [0.2, 0.25) is 11.6 Å². The standard InChI is InChI=1S/C4F4O.H6Si2/c5-1-2(6)4(8)9-3(1)7;1-2/h;1-2H3. The summed E-state index contributed by atoms with van der Waals surface area (Å²) in [6, 6.07) is -3.74. The SMILES string of the molecule is Fc1oc(F)c(F)c1F.[SiH3][SiH3]. The Labute approximate surface area is 66.0 Å². The van der Waals surface area contributed by atoms with Crippen LogP contribution in [0.4, 0.5) is 17.6 Å². The minimum Gasteiger partial charge on any atom is -0.399 e. The predicted molar refractivity (Wildman–Crippen MR) is 38.4 cm³/mol. The Bertz CT molecular complexity index is 214. The third-order valence-corrected chi connectivity index (χ3v) is 0.717. The highest BCUT2D eigenvalue weighted by atomic mass is 29.1. The Morgan fingerprint density at radius 1 is 0.818 bits per heavy atom. The topological polar surface area (TPSA) is 13.1 Å². The van der Waals surface area contributed by atoms with E-state index in [9.17, 15) is 17.6 Å². The van der Waals surface area contributed by atoms with E-state index in [1.54, 1.807) is 0 Å². The summed E-state index contributed by atoms with van der Waals surface area (Å²) in [6.45, 7) is 0. The monoisotopic (exact) mass is 202 g/mol. The number of hydrogen-bond donors (Lipinski definition) is 0. The molecule has 1 aromatic rings. The van der Waals surface area contributed by atoms with E-state index in [0.29, 0.717) is 0 Å². The van der Waals surface area contributed by atoms with E-state index < -0.39 is 23.7 Å². The van der Waals surface area contributed by atoms with Gasteiger partial charge in [0.05, 0.1) is 0 Å². The van der Waals surface area contributed by atoms with Crippen LogP contribution in [0, 0.1) is 23.7 Å². The maximum absolute atomic E-state index is 11.7. The number of hydrogen-bond acceptors (Lipinski definition) is 1. The summed E-state index contributed by atoms with van der Waals surface area (Å²) >= 11 is 0. The van der Waals surface area contributed by atoms with Crippen molar-refractivity contribution in [1.29, 1.82) is 0 Å². The van der Waals surface area contributed by atoms with Crippen LogP contribution in [-0.4, -0.2) is 19.5 Å². The van der Waals surface area contributed by atoms with Crippen LogP contribution < -0.4 is 0 Å². The summed E-state index contributed by atoms with van der Waals surface area (Å²) < 4.78 is 49.8. The summed E-state index contributed by atoms with van der Waals surface area (Å²) in [6.07, 6.45) is 0. The molecule has 0 unspecified atom stereocenters. The van der Waals surface area contributed by atoms with Crippen LogP contribution >= 0.6 is 0 Å². The molecule has 0 spiro atoms. The molecular weight excluding hydrogens is 196 g/mol. The third-order valence-electron chi connectivity index (χ3n) is 0.717. The van der Waals surface area contributed by atoms with Gasteiger partial charge < -0.3 is 4.42 Å². The van der Waals surface area contributed by atoms with Gasteiger partial charge in [-0.25, -0.2) is 0 Å². The van der Waals surface area contributed by atoms with Gasteiger partial charge in [-0.2, -0.15) is 17.6 Å². The van der Waals surface area contributed by atoms with Gasteiger partial charge in [0.1, 0.15) is 0 Å². The van der Waals surface area contributed by atoms with E-state index in [-0.39, 0.29) is 0 Å². The molecule has 0 aliphatic carbocycles. The molecule has 7 heteroatoms. The van der Waals surface area contributed by atoms with Gasteiger partial charge in [0, 0.05) is 0 Å². The fraction of sp³-hybridized carbons (Fsp3) is 0. The molecule has 0 saturated carbocycles. The molecule has 0 aliphatic heterocycles. The lowest BCUT2D eigenvalue weighted by Crippen LogP contribution is -1.78. The number of furan rings is 1. The van der Waals surface area contributed by atoms with Crippen LogP contribution in [0.2, 0.25) is 0 Å². The molecule has 64 valence electrons. The molecule has 0 aliphatic rings. The predicted octanol–water partition coefficient (Wildman–Crippen LogP) is -0.532. The largest absolute Gasteiger partial charge is 0.399 e. The highest BCUT2D eigenvalue weighted by Crippen LogP contribution is 2.15. The first-order valence-corrected chi connectivity index (χ1v) is 10.9. The molecule has 0 atom stereocenters. The second-order valence-electron chi connectivity index (χ2n) is 1.28. The highest BCUT2D eigenvalue weighted by molar-refractivity contribution is 6.75. The second-order valence-corrected chi connectivity index (χ2v) is 1.28. The van der Waals surface area contributed by atoms with Crippen molar-refractivity contribution in [2.45, 2.75) is 0 Å². The van der Waals surface area contributed by atoms with Crippen LogP contribution in [0.3, 0.4) is 0 Å². The van der Waals surface area contributed by atoms with Crippen LogP contribution in [-0.2, 0) is 0 Å². The lowest BCUT2D eigenvalue weighted by atomic mass is 10.6. The summed E-state index contributed by atoms with van der Waals surface area (Å²) in [5.74, 6) is -3.85. The lowest BCUT2D eigenvalue weighted by molar-refractivity contribution is 0.248. The van der Waals surface area contributed by atoms with Gasteiger partial charge in [-0.05, 0) is 19.5 Å². The van der Waals surface area contributed by atoms with Gasteiger partial charge in [0.25, 0.3) is 0 Å². The van der Waals surface area contributed by atoms with Crippen LogP contribution in [0.15, 0.2) is 4.42 Å². The first-order chi connectivity index (χ1) is 5.13. The lowest BCUT2D eigenvalue weighted by Gasteiger charge is -1.71. The first kappa shape index (κ1) is 10.4. The molecule has 1 rings (SSSR count). The van der Waals surface area contributed by atoms with Crippen molar-refractivity contribution in [3.8, 4) is 0 Å². The van der Waals surface area contributed by atoms with Gasteiger partial charge in [-0.1, -0.05) is 0 Å². The van der Waals surface area contributed by atoms with Crippen molar-refractivity contribution >= 4 is 19.5 Å². The number of halogens is 4. The van der Waals surface area contributed by atoms with Crippen molar-refractivity contribution in [2.75, 3.05) is 0 Å². The zero-order valence-electron chi connectivity index (χ0n) is 5.92. The van der Waals surface area contributed by atoms with Crippen LogP contribution in [0.1, 0.15) is 0 Å². The van der Waals surface area contributed by atoms with E-state index in [2.05, 4.69) is 4.42 Å². The molecule has 0 N–H and O–H groups in total. The van der Waals surface area contributed by atoms with Crippen molar-refractivity contribution < 1.29 is 22.0 Å². The smallest absolute Gasteiger partial charge is 0.319 e. The summed E-state index contributed by atoms with van der Waals surface area (Å²) in [5, 5.41) is 0. The Hall–Kier alpha value is -0.566. The van der Waals surface area contributed by atoms with E-state index in [1.165, 1.54) is 19.5 Å². The van der Waals surface area contributed by atoms with E-state index in [0.717, 1.165) is 0 Å². The van der Waals surface area contributed by atoms with E-state index in [4.69, 9.17) is 0 Å². The zero-order chi connectivity index (χ0) is 9.02. The molecule has 0 saturated heterocycles. The third kappa shape index (κ3) is 2.19. The first-order valence-electron chi connectivity index (χ1n) is 2.91. The fourth-order valence-corrected chi connectivity index (χ4v) is 0.341. The van der Waals surface area contributed by atoms with Gasteiger partial charge in [-0.3, -0.25) is 0 Å². The van der Waals surface area contributed by atoms with Crippen LogP contribution in [0.25, 0.3) is 0 Å². The van der Waals surface area contributed by atoms with Gasteiger partial charge in [0.15, 0.2) is 0 Å². The Balaban J connectivity index is 0.000000461. The van der Waals surface area contributed by atoms with Gasteiger partial charge >= 0.3 is 12.0 Å². The highest BCUT2D eigenvalue weighted by Gasteiger charge is 2.19. The summed E-state index contributed by atoms with van der Waals surface area (Å²) in [7, 11) is 2.89. The minimum absolute atomic E-state index is 1.44. The van der Waals surface area contributed by atoms with Crippen molar-refractivity contribution in [2.24, 2.45) is 0 Å². The summed E-state index contributed by atoms with van der Waals surface area (Å²) in [4.78, 5) is 0. The molecule has 0 fully saturated rings. The number of rotatable bonds is 0. The Kier molecular flexibility index (Phi) is 4.12. The van der Waals surface area contributed by atoms with Crippen molar-refractivity contribution in [3.05, 3.63) is 23.7 Å². The van der Waals surface area contributed by atoms with Crippen molar-refractivity contribution in [1.82, 2.24) is 0 Å².